The number of ether oxygens (including phenoxy) is 3. The molecule has 0 heterocycles. The second-order valence-corrected chi connectivity index (χ2v) is 14.0. The molecule has 1 unspecified atom stereocenters. The molecule has 0 saturated carbocycles. The molecule has 1 atom stereocenters. The van der Waals surface area contributed by atoms with Crippen molar-refractivity contribution in [3.63, 3.8) is 0 Å². The largest absolute Gasteiger partial charge is 0.467 e. The van der Waals surface area contributed by atoms with Crippen molar-refractivity contribution in [2.45, 2.75) is 40.2 Å². The van der Waals surface area contributed by atoms with Gasteiger partial charge < -0.3 is 18.7 Å². The Morgan fingerprint density at radius 3 is 2.18 bits per heavy atom. The van der Waals surface area contributed by atoms with Crippen LogP contribution in [0.4, 0.5) is 14.9 Å². The highest BCUT2D eigenvalue weighted by atomic mass is 31.2. The van der Waals surface area contributed by atoms with Crippen molar-refractivity contribution in [2.75, 3.05) is 38.4 Å². The lowest BCUT2D eigenvalue weighted by Gasteiger charge is -2.25. The van der Waals surface area contributed by atoms with E-state index in [1.807, 2.05) is 68.4 Å². The van der Waals surface area contributed by atoms with E-state index in [4.69, 9.17) is 18.7 Å². The smallest absolute Gasteiger partial charge is 0.416 e. The Kier molecular flexibility index (Phi) is 11.9. The third-order valence-electron chi connectivity index (χ3n) is 7.60. The van der Waals surface area contributed by atoms with Gasteiger partial charge in [0.1, 0.15) is 24.9 Å². The first-order chi connectivity index (χ1) is 21.6. The van der Waals surface area contributed by atoms with Crippen LogP contribution in [-0.2, 0) is 38.0 Å². The van der Waals surface area contributed by atoms with Gasteiger partial charge in [0.25, 0.3) is 0 Å². The second-order valence-electron chi connectivity index (χ2n) is 11.1. The van der Waals surface area contributed by atoms with Crippen LogP contribution in [0, 0.1) is 19.7 Å². The summed E-state index contributed by atoms with van der Waals surface area (Å²) in [6.45, 7) is 7.41. The van der Waals surface area contributed by atoms with E-state index in [2.05, 4.69) is 6.07 Å². The zero-order chi connectivity index (χ0) is 32.4. The first-order valence-corrected chi connectivity index (χ1v) is 17.1. The highest BCUT2D eigenvalue weighted by Gasteiger charge is 2.23. The molecule has 4 aromatic rings. The van der Waals surface area contributed by atoms with Crippen LogP contribution in [0.3, 0.4) is 0 Å². The summed E-state index contributed by atoms with van der Waals surface area (Å²) < 4.78 is 48.5. The summed E-state index contributed by atoms with van der Waals surface area (Å²) in [6.07, 6.45) is 0.991. The Morgan fingerprint density at radius 2 is 1.53 bits per heavy atom. The maximum Gasteiger partial charge on any atom is 0.416 e. The number of hydrogen-bond donors (Lipinski definition) is 0. The average Bonchev–Trinajstić information content (AvgIpc) is 3.03. The van der Waals surface area contributed by atoms with Crippen LogP contribution in [0.25, 0.3) is 0 Å². The molecule has 0 aliphatic rings. The molecule has 0 spiro atoms. The van der Waals surface area contributed by atoms with Gasteiger partial charge in [-0.1, -0.05) is 61.5 Å². The first-order valence-electron chi connectivity index (χ1n) is 14.9. The van der Waals surface area contributed by atoms with Crippen LogP contribution < -0.4 is 9.64 Å². The molecule has 0 aliphatic heterocycles. The molecule has 0 radical (unpaired) electrons. The Bertz CT molecular complexity index is 1600. The number of methoxy groups -OCH3 is 1. The quantitative estimate of drug-likeness (QED) is 0.102. The summed E-state index contributed by atoms with van der Waals surface area (Å²) in [4.78, 5) is 14.7. The molecule has 0 bridgehead atoms. The highest BCUT2D eigenvalue weighted by Crippen LogP contribution is 2.42. The number of benzene rings is 4. The third-order valence-corrected chi connectivity index (χ3v) is 9.41. The van der Waals surface area contributed by atoms with E-state index in [9.17, 15) is 13.8 Å². The maximum atomic E-state index is 13.5. The number of hydrogen-bond acceptors (Lipinski definition) is 6. The summed E-state index contributed by atoms with van der Waals surface area (Å²) in [5.74, 6) is 0.431. The summed E-state index contributed by atoms with van der Waals surface area (Å²) in [5.41, 5.74) is 7.56. The molecule has 7 nitrogen and oxygen atoms in total. The number of carbonyl (C=O) groups excluding carboxylic acids is 1. The van der Waals surface area contributed by atoms with Crippen LogP contribution >= 0.6 is 7.37 Å². The molecule has 45 heavy (non-hydrogen) atoms. The van der Waals surface area contributed by atoms with Gasteiger partial charge in [-0.05, 0) is 89.5 Å². The van der Waals surface area contributed by atoms with Crippen molar-refractivity contribution in [3.8, 4) is 5.75 Å². The minimum absolute atomic E-state index is 0.105. The molecule has 0 N–H and O–H groups in total. The number of aryl methyl sites for hydroxylation is 2. The van der Waals surface area contributed by atoms with Gasteiger partial charge in [-0.2, -0.15) is 0 Å². The molecule has 4 aromatic carbocycles. The maximum absolute atomic E-state index is 13.5. The Hall–Kier alpha value is -3.97. The molecule has 9 heteroatoms. The zero-order valence-electron chi connectivity index (χ0n) is 26.5. The van der Waals surface area contributed by atoms with Crippen LogP contribution in [0.2, 0.25) is 0 Å². The van der Waals surface area contributed by atoms with Crippen molar-refractivity contribution >= 4 is 19.1 Å². The minimum Gasteiger partial charge on any atom is -0.467 e. The predicted molar refractivity (Wildman–Crippen MR) is 176 cm³/mol. The van der Waals surface area contributed by atoms with Gasteiger partial charge in [0.2, 0.25) is 7.37 Å². The predicted octanol–water partition coefficient (Wildman–Crippen LogP) is 8.65. The van der Waals surface area contributed by atoms with Crippen molar-refractivity contribution in [3.05, 3.63) is 130 Å². The van der Waals surface area contributed by atoms with E-state index in [1.165, 1.54) is 17.0 Å². The van der Waals surface area contributed by atoms with E-state index in [1.54, 1.807) is 32.8 Å². The summed E-state index contributed by atoms with van der Waals surface area (Å²) in [7, 11) is -1.30. The van der Waals surface area contributed by atoms with E-state index >= 15 is 0 Å². The molecule has 0 aliphatic carbocycles. The molecule has 0 saturated heterocycles. The van der Waals surface area contributed by atoms with Crippen LogP contribution in [-0.4, -0.2) is 39.6 Å². The lowest BCUT2D eigenvalue weighted by molar-refractivity contribution is 0.0505. The molecule has 0 aromatic heterocycles. The number of anilines is 1. The van der Waals surface area contributed by atoms with Gasteiger partial charge in [-0.3, -0.25) is 9.46 Å². The summed E-state index contributed by atoms with van der Waals surface area (Å²) in [6, 6.07) is 25.8. The van der Waals surface area contributed by atoms with Gasteiger partial charge in [0, 0.05) is 32.0 Å². The number of halogens is 1. The zero-order valence-corrected chi connectivity index (χ0v) is 27.4. The molecule has 0 fully saturated rings. The lowest BCUT2D eigenvalue weighted by atomic mass is 9.93. The van der Waals surface area contributed by atoms with E-state index < -0.39 is 13.5 Å². The minimum atomic E-state index is -2.87. The van der Waals surface area contributed by atoms with Crippen LogP contribution in [0.5, 0.6) is 5.75 Å². The Morgan fingerprint density at radius 1 is 0.867 bits per heavy atom. The molecule has 1 amide bonds. The van der Waals surface area contributed by atoms with Gasteiger partial charge in [0.15, 0.2) is 6.79 Å². The molecular weight excluding hydrogens is 592 g/mol. The van der Waals surface area contributed by atoms with E-state index in [0.717, 1.165) is 38.9 Å². The standard InChI is InChI=1S/C36H41FNO6P/c1-6-45(5,40)44-24-38(36(39)42-23-29-10-8-7-9-11-29)33-18-26(2)34(27(3)19-33)22-30-14-17-35(43-25-41-4)31(21-30)20-28-12-15-32(37)16-13-28/h7-19,21H,6,20,22-25H2,1-5H3. The van der Waals surface area contributed by atoms with Gasteiger partial charge >= 0.3 is 6.09 Å². The average molecular weight is 634 g/mol. The summed E-state index contributed by atoms with van der Waals surface area (Å²) in [5, 5.41) is 0. The Balaban J connectivity index is 1.59. The third kappa shape index (κ3) is 9.76. The number of nitrogens with zero attached hydrogens (tertiary/aromatic N) is 1. The van der Waals surface area contributed by atoms with Crippen LogP contribution in [0.15, 0.2) is 84.9 Å². The SMILES string of the molecule is CCP(C)(=O)OCN(C(=O)OCc1ccccc1)c1cc(C)c(Cc2ccc(OCOC)c(Cc3ccc(F)cc3)c2)c(C)c1. The number of rotatable bonds is 14. The number of amides is 1. The van der Waals surface area contributed by atoms with Crippen molar-refractivity contribution in [1.29, 1.82) is 0 Å². The normalized spacial score (nSPS) is 12.4. The highest BCUT2D eigenvalue weighted by molar-refractivity contribution is 7.58. The topological polar surface area (TPSA) is 74.3 Å². The lowest BCUT2D eigenvalue weighted by Crippen LogP contribution is -2.33. The molecule has 4 rings (SSSR count). The van der Waals surface area contributed by atoms with Crippen molar-refractivity contribution < 1.29 is 32.5 Å². The second kappa shape index (κ2) is 15.8. The first kappa shape index (κ1) is 33.9. The summed E-state index contributed by atoms with van der Waals surface area (Å²) >= 11 is 0. The van der Waals surface area contributed by atoms with Crippen molar-refractivity contribution in [2.24, 2.45) is 0 Å². The Labute approximate surface area is 265 Å². The monoisotopic (exact) mass is 633 g/mol. The molecular formula is C36H41FNO6P. The van der Waals surface area contributed by atoms with Crippen LogP contribution in [0.1, 0.15) is 45.9 Å². The fourth-order valence-electron chi connectivity index (χ4n) is 4.88. The van der Waals surface area contributed by atoms with E-state index in [-0.39, 0.29) is 25.9 Å². The fraction of sp³-hybridized carbons (Fsp3) is 0.306. The van der Waals surface area contributed by atoms with Gasteiger partial charge in [-0.15, -0.1) is 0 Å². The number of carbonyl (C=O) groups is 1. The fourth-order valence-corrected chi connectivity index (χ4v) is 5.42. The molecule has 238 valence electrons. The van der Waals surface area contributed by atoms with Gasteiger partial charge in [0.05, 0.1) is 0 Å². The van der Waals surface area contributed by atoms with Gasteiger partial charge in [-0.25, -0.2) is 9.18 Å². The van der Waals surface area contributed by atoms with E-state index in [0.29, 0.717) is 30.4 Å². The van der Waals surface area contributed by atoms with Crippen molar-refractivity contribution in [1.82, 2.24) is 0 Å².